The molecule has 104 valence electrons. The molecule has 2 atom stereocenters. The van der Waals surface area contributed by atoms with Crippen molar-refractivity contribution in [2.24, 2.45) is 11.7 Å². The molecule has 0 saturated carbocycles. The van der Waals surface area contributed by atoms with Gasteiger partial charge in [0.25, 0.3) is 0 Å². The fraction of sp³-hybridized carbons (Fsp3) is 0.571. The van der Waals surface area contributed by atoms with Crippen LogP contribution in [0.15, 0.2) is 18.3 Å². The van der Waals surface area contributed by atoms with Gasteiger partial charge in [0.2, 0.25) is 0 Å². The van der Waals surface area contributed by atoms with Crippen LogP contribution in [-0.2, 0) is 11.3 Å². The monoisotopic (exact) mass is 263 g/mol. The minimum Gasteiger partial charge on any atom is -0.465 e. The Kier molecular flexibility index (Phi) is 4.50. The fourth-order valence-corrected chi connectivity index (χ4v) is 2.63. The highest BCUT2D eigenvalue weighted by Gasteiger charge is 2.22. The predicted octanol–water partition coefficient (Wildman–Crippen LogP) is 1.04. The maximum atomic E-state index is 11.3. The molecule has 2 N–H and O–H groups in total. The number of rotatable bonds is 3. The van der Waals surface area contributed by atoms with E-state index in [1.807, 2.05) is 6.07 Å². The third-order valence-electron chi connectivity index (χ3n) is 3.40. The molecule has 0 bridgehead atoms. The molecule has 2 heterocycles. The SMILES string of the molecule is COC(=O)c1ccc(CN2CC(C)CC(N)C2)nc1. The van der Waals surface area contributed by atoms with E-state index in [1.165, 1.54) is 7.11 Å². The minimum absolute atomic E-state index is 0.248. The molecule has 0 spiro atoms. The van der Waals surface area contributed by atoms with Crippen LogP contribution in [0.1, 0.15) is 29.4 Å². The van der Waals surface area contributed by atoms with E-state index in [2.05, 4.69) is 21.5 Å². The Morgan fingerprint density at radius 1 is 1.53 bits per heavy atom. The number of hydrogen-bond acceptors (Lipinski definition) is 5. The summed E-state index contributed by atoms with van der Waals surface area (Å²) < 4.78 is 4.65. The molecule has 1 fully saturated rings. The molecule has 1 aromatic heterocycles. The van der Waals surface area contributed by atoms with E-state index in [-0.39, 0.29) is 12.0 Å². The molecule has 1 aliphatic rings. The van der Waals surface area contributed by atoms with E-state index < -0.39 is 0 Å². The molecule has 0 radical (unpaired) electrons. The number of hydrogen-bond donors (Lipinski definition) is 1. The van der Waals surface area contributed by atoms with Crippen molar-refractivity contribution in [3.63, 3.8) is 0 Å². The highest BCUT2D eigenvalue weighted by molar-refractivity contribution is 5.88. The summed E-state index contributed by atoms with van der Waals surface area (Å²) in [4.78, 5) is 17.9. The lowest BCUT2D eigenvalue weighted by Gasteiger charge is -2.34. The van der Waals surface area contributed by atoms with Crippen molar-refractivity contribution in [2.45, 2.75) is 25.9 Å². The van der Waals surface area contributed by atoms with E-state index >= 15 is 0 Å². The molecular weight excluding hydrogens is 242 g/mol. The predicted molar refractivity (Wildman–Crippen MR) is 72.6 cm³/mol. The Hall–Kier alpha value is -1.46. The number of nitrogens with zero attached hydrogens (tertiary/aromatic N) is 2. The second-order valence-electron chi connectivity index (χ2n) is 5.32. The number of ether oxygens (including phenoxy) is 1. The first-order valence-electron chi connectivity index (χ1n) is 6.59. The molecular formula is C14H21N3O2. The summed E-state index contributed by atoms with van der Waals surface area (Å²) in [5.74, 6) is 0.269. The van der Waals surface area contributed by atoms with Crippen molar-refractivity contribution < 1.29 is 9.53 Å². The maximum absolute atomic E-state index is 11.3. The standard InChI is InChI=1S/C14H21N3O2/c1-10-5-12(15)8-17(7-10)9-13-4-3-11(6-16-13)14(18)19-2/h3-4,6,10,12H,5,7-9,15H2,1-2H3. The number of likely N-dealkylation sites (tertiary alicyclic amines) is 1. The molecule has 2 rings (SSSR count). The maximum Gasteiger partial charge on any atom is 0.339 e. The zero-order valence-corrected chi connectivity index (χ0v) is 11.5. The number of carbonyl (C=O) groups is 1. The summed E-state index contributed by atoms with van der Waals surface area (Å²) in [6.45, 7) is 4.96. The van der Waals surface area contributed by atoms with Crippen LogP contribution in [-0.4, -0.2) is 42.1 Å². The first-order valence-corrected chi connectivity index (χ1v) is 6.59. The van der Waals surface area contributed by atoms with Crippen molar-refractivity contribution in [1.29, 1.82) is 0 Å². The summed E-state index contributed by atoms with van der Waals surface area (Å²) in [5.41, 5.74) is 7.46. The van der Waals surface area contributed by atoms with Gasteiger partial charge in [0.15, 0.2) is 0 Å². The lowest BCUT2D eigenvalue weighted by molar-refractivity contribution is 0.0600. The van der Waals surface area contributed by atoms with Gasteiger partial charge in [-0.3, -0.25) is 9.88 Å². The van der Waals surface area contributed by atoms with Gasteiger partial charge in [0.1, 0.15) is 0 Å². The molecule has 1 saturated heterocycles. The zero-order chi connectivity index (χ0) is 13.8. The first-order chi connectivity index (χ1) is 9.08. The third-order valence-corrected chi connectivity index (χ3v) is 3.40. The Labute approximate surface area is 113 Å². The van der Waals surface area contributed by atoms with Gasteiger partial charge >= 0.3 is 5.97 Å². The second kappa shape index (κ2) is 6.12. The minimum atomic E-state index is -0.354. The van der Waals surface area contributed by atoms with E-state index in [0.29, 0.717) is 11.5 Å². The number of nitrogens with two attached hydrogens (primary N) is 1. The third kappa shape index (κ3) is 3.75. The average Bonchev–Trinajstić information content (AvgIpc) is 2.37. The van der Waals surface area contributed by atoms with Crippen molar-refractivity contribution in [1.82, 2.24) is 9.88 Å². The summed E-state index contributed by atoms with van der Waals surface area (Å²) in [6, 6.07) is 3.87. The summed E-state index contributed by atoms with van der Waals surface area (Å²) in [5, 5.41) is 0. The quantitative estimate of drug-likeness (QED) is 0.825. The number of methoxy groups -OCH3 is 1. The summed E-state index contributed by atoms with van der Waals surface area (Å²) >= 11 is 0. The summed E-state index contributed by atoms with van der Waals surface area (Å²) in [6.07, 6.45) is 2.65. The van der Waals surface area contributed by atoms with E-state index in [4.69, 9.17) is 5.73 Å². The normalized spacial score (nSPS) is 24.2. The first kappa shape index (κ1) is 14.0. The molecule has 0 aliphatic carbocycles. The molecule has 0 aromatic carbocycles. The number of esters is 1. The van der Waals surface area contributed by atoms with Gasteiger partial charge in [-0.1, -0.05) is 6.92 Å². The molecule has 5 nitrogen and oxygen atoms in total. The summed E-state index contributed by atoms with van der Waals surface area (Å²) in [7, 11) is 1.37. The van der Waals surface area contributed by atoms with Crippen LogP contribution in [0.2, 0.25) is 0 Å². The van der Waals surface area contributed by atoms with Crippen LogP contribution >= 0.6 is 0 Å². The highest BCUT2D eigenvalue weighted by atomic mass is 16.5. The van der Waals surface area contributed by atoms with E-state index in [1.54, 1.807) is 12.3 Å². The van der Waals surface area contributed by atoms with Crippen LogP contribution in [0.25, 0.3) is 0 Å². The van der Waals surface area contributed by atoms with Crippen LogP contribution < -0.4 is 5.73 Å². The van der Waals surface area contributed by atoms with Gasteiger partial charge in [0.05, 0.1) is 18.4 Å². The molecule has 5 heteroatoms. The Morgan fingerprint density at radius 2 is 2.32 bits per heavy atom. The van der Waals surface area contributed by atoms with Gasteiger partial charge < -0.3 is 10.5 Å². The van der Waals surface area contributed by atoms with Gasteiger partial charge in [0, 0.05) is 31.9 Å². The second-order valence-corrected chi connectivity index (χ2v) is 5.32. The van der Waals surface area contributed by atoms with Crippen LogP contribution in [0, 0.1) is 5.92 Å². The van der Waals surface area contributed by atoms with Gasteiger partial charge in [-0.25, -0.2) is 4.79 Å². The Balaban J connectivity index is 1.97. The van der Waals surface area contributed by atoms with Gasteiger partial charge in [-0.05, 0) is 24.5 Å². The Bertz CT molecular complexity index is 423. The van der Waals surface area contributed by atoms with Crippen LogP contribution in [0.3, 0.4) is 0 Å². The average molecular weight is 263 g/mol. The largest absolute Gasteiger partial charge is 0.465 e. The van der Waals surface area contributed by atoms with Crippen LogP contribution in [0.4, 0.5) is 0 Å². The fourth-order valence-electron chi connectivity index (χ4n) is 2.63. The number of piperidine rings is 1. The molecule has 1 aromatic rings. The van der Waals surface area contributed by atoms with Crippen molar-refractivity contribution in [3.8, 4) is 0 Å². The van der Waals surface area contributed by atoms with E-state index in [0.717, 1.165) is 31.7 Å². The molecule has 19 heavy (non-hydrogen) atoms. The van der Waals surface area contributed by atoms with Crippen LogP contribution in [0.5, 0.6) is 0 Å². The van der Waals surface area contributed by atoms with Crippen molar-refractivity contribution in [3.05, 3.63) is 29.6 Å². The number of carbonyl (C=O) groups excluding carboxylic acids is 1. The lowest BCUT2D eigenvalue weighted by Crippen LogP contribution is -2.45. The topological polar surface area (TPSA) is 68.5 Å². The zero-order valence-electron chi connectivity index (χ0n) is 11.5. The molecule has 0 amide bonds. The van der Waals surface area contributed by atoms with Gasteiger partial charge in [-0.15, -0.1) is 0 Å². The number of aromatic nitrogens is 1. The van der Waals surface area contributed by atoms with Gasteiger partial charge in [-0.2, -0.15) is 0 Å². The van der Waals surface area contributed by atoms with E-state index in [9.17, 15) is 4.79 Å². The molecule has 1 aliphatic heterocycles. The number of pyridine rings is 1. The highest BCUT2D eigenvalue weighted by Crippen LogP contribution is 2.16. The van der Waals surface area contributed by atoms with Crippen molar-refractivity contribution >= 4 is 5.97 Å². The Morgan fingerprint density at radius 3 is 2.89 bits per heavy atom. The molecule has 2 unspecified atom stereocenters. The van der Waals surface area contributed by atoms with Crippen molar-refractivity contribution in [2.75, 3.05) is 20.2 Å². The lowest BCUT2D eigenvalue weighted by atomic mass is 9.96. The smallest absolute Gasteiger partial charge is 0.339 e.